The fourth-order valence-electron chi connectivity index (χ4n) is 2.22. The zero-order valence-corrected chi connectivity index (χ0v) is 15.6. The van der Waals surface area contributed by atoms with E-state index in [1.54, 1.807) is 11.8 Å². The third-order valence-electron chi connectivity index (χ3n) is 3.42. The van der Waals surface area contributed by atoms with E-state index in [4.69, 9.17) is 0 Å². The Kier molecular flexibility index (Phi) is 6.59. The van der Waals surface area contributed by atoms with Crippen molar-refractivity contribution in [2.24, 2.45) is 5.92 Å². The molecule has 4 nitrogen and oxygen atoms in total. The van der Waals surface area contributed by atoms with Crippen LogP contribution >= 0.6 is 23.1 Å². The Balaban J connectivity index is 1.98. The minimum Gasteiger partial charge on any atom is -0.300 e. The van der Waals surface area contributed by atoms with E-state index in [0.717, 1.165) is 22.1 Å². The molecule has 124 valence electrons. The first-order valence-corrected chi connectivity index (χ1v) is 9.65. The number of nitrogens with one attached hydrogen (secondary N) is 1. The van der Waals surface area contributed by atoms with E-state index < -0.39 is 0 Å². The second kappa shape index (κ2) is 8.45. The first kappa shape index (κ1) is 17.9. The first-order valence-electron chi connectivity index (χ1n) is 7.85. The molecule has 23 heavy (non-hydrogen) atoms. The molecule has 0 bridgehead atoms. The van der Waals surface area contributed by atoms with Gasteiger partial charge in [-0.05, 0) is 36.1 Å². The van der Waals surface area contributed by atoms with E-state index in [1.807, 2.05) is 19.1 Å². The van der Waals surface area contributed by atoms with Crippen molar-refractivity contribution in [1.82, 2.24) is 10.2 Å². The lowest BCUT2D eigenvalue weighted by Gasteiger charge is -2.12. The number of carbonyl (C=O) groups excluding carboxylic acids is 1. The normalized spacial score (nSPS) is 12.4. The number of rotatable bonds is 7. The van der Waals surface area contributed by atoms with Gasteiger partial charge in [0.2, 0.25) is 11.0 Å². The van der Waals surface area contributed by atoms with E-state index in [-0.39, 0.29) is 11.8 Å². The van der Waals surface area contributed by atoms with Crippen molar-refractivity contribution in [2.45, 2.75) is 44.4 Å². The molecule has 0 saturated carbocycles. The zero-order chi connectivity index (χ0) is 16.8. The van der Waals surface area contributed by atoms with Crippen molar-refractivity contribution >= 4 is 34.1 Å². The molecule has 1 atom stereocenters. The van der Waals surface area contributed by atoms with Crippen LogP contribution in [-0.2, 0) is 11.2 Å². The maximum Gasteiger partial charge on any atom is 0.233 e. The Hall–Kier alpha value is -1.40. The molecule has 1 aromatic heterocycles. The molecule has 2 rings (SSSR count). The molecule has 1 N–H and O–H groups in total. The maximum absolute atomic E-state index is 12.4. The summed E-state index contributed by atoms with van der Waals surface area (Å²) in [5.74, 6) is 1.32. The summed E-state index contributed by atoms with van der Waals surface area (Å²) in [5, 5.41) is 11.5. The van der Waals surface area contributed by atoms with Gasteiger partial charge in [0.15, 0.2) is 4.34 Å². The summed E-state index contributed by atoms with van der Waals surface area (Å²) in [7, 11) is 0. The lowest BCUT2D eigenvalue weighted by Crippen LogP contribution is -2.18. The van der Waals surface area contributed by atoms with Crippen molar-refractivity contribution in [1.29, 1.82) is 0 Å². The van der Waals surface area contributed by atoms with E-state index in [2.05, 4.69) is 48.4 Å². The van der Waals surface area contributed by atoms with Gasteiger partial charge in [0.1, 0.15) is 0 Å². The number of aromatic nitrogens is 2. The van der Waals surface area contributed by atoms with Crippen LogP contribution in [0.4, 0.5) is 5.13 Å². The summed E-state index contributed by atoms with van der Waals surface area (Å²) < 4.78 is 0.883. The molecule has 0 aliphatic heterocycles. The van der Waals surface area contributed by atoms with Crippen molar-refractivity contribution < 1.29 is 4.79 Å². The topological polar surface area (TPSA) is 54.9 Å². The Bertz CT molecular complexity index is 638. The highest BCUT2D eigenvalue weighted by molar-refractivity contribution is 8.01. The van der Waals surface area contributed by atoms with E-state index in [1.165, 1.54) is 16.9 Å². The zero-order valence-electron chi connectivity index (χ0n) is 14.0. The van der Waals surface area contributed by atoms with Crippen LogP contribution in [-0.4, -0.2) is 21.9 Å². The minimum absolute atomic E-state index is 0.0502. The number of carbonyl (C=O) groups is 1. The molecule has 1 aromatic carbocycles. The average molecular weight is 350 g/mol. The van der Waals surface area contributed by atoms with Gasteiger partial charge in [-0.1, -0.05) is 68.1 Å². The molecule has 0 unspecified atom stereocenters. The van der Waals surface area contributed by atoms with E-state index in [0.29, 0.717) is 11.0 Å². The monoisotopic (exact) mass is 349 g/mol. The smallest absolute Gasteiger partial charge is 0.233 e. The first-order chi connectivity index (χ1) is 11.0. The summed E-state index contributed by atoms with van der Waals surface area (Å²) in [5.41, 5.74) is 2.32. The molecule has 0 fully saturated rings. The van der Waals surface area contributed by atoms with Crippen LogP contribution < -0.4 is 5.32 Å². The van der Waals surface area contributed by atoms with Gasteiger partial charge in [0.25, 0.3) is 0 Å². The third-order valence-corrected chi connectivity index (χ3v) is 5.28. The Labute approximate surface area is 146 Å². The second-order valence-electron chi connectivity index (χ2n) is 5.86. The summed E-state index contributed by atoms with van der Waals surface area (Å²) in [4.78, 5) is 12.4. The molecule has 0 aliphatic carbocycles. The Morgan fingerprint density at radius 1 is 1.22 bits per heavy atom. The quantitative estimate of drug-likeness (QED) is 0.587. The summed E-state index contributed by atoms with van der Waals surface area (Å²) >= 11 is 3.04. The van der Waals surface area contributed by atoms with Crippen molar-refractivity contribution in [3.8, 4) is 0 Å². The molecule has 1 amide bonds. The van der Waals surface area contributed by atoms with Crippen LogP contribution in [0.5, 0.6) is 0 Å². The molecule has 0 saturated heterocycles. The maximum atomic E-state index is 12.4. The number of hydrogen-bond acceptors (Lipinski definition) is 5. The SMILES string of the molecule is CCSc1nnc(NC(=O)[C@@H](C)c2ccc(CC(C)C)cc2)s1. The fourth-order valence-corrected chi connectivity index (χ4v) is 3.87. The van der Waals surface area contributed by atoms with E-state index in [9.17, 15) is 4.79 Å². The van der Waals surface area contributed by atoms with Crippen LogP contribution in [0.25, 0.3) is 0 Å². The van der Waals surface area contributed by atoms with Crippen LogP contribution in [0.1, 0.15) is 44.7 Å². The number of anilines is 1. The van der Waals surface area contributed by atoms with Gasteiger partial charge in [-0.2, -0.15) is 0 Å². The highest BCUT2D eigenvalue weighted by Crippen LogP contribution is 2.26. The van der Waals surface area contributed by atoms with Gasteiger partial charge in [0.05, 0.1) is 5.92 Å². The summed E-state index contributed by atoms with van der Waals surface area (Å²) in [6.07, 6.45) is 1.06. The Morgan fingerprint density at radius 3 is 2.52 bits per heavy atom. The number of hydrogen-bond donors (Lipinski definition) is 1. The number of amides is 1. The van der Waals surface area contributed by atoms with E-state index >= 15 is 0 Å². The fraction of sp³-hybridized carbons (Fsp3) is 0.471. The lowest BCUT2D eigenvalue weighted by molar-refractivity contribution is -0.117. The Morgan fingerprint density at radius 2 is 1.91 bits per heavy atom. The average Bonchev–Trinajstić information content (AvgIpc) is 2.94. The molecular weight excluding hydrogens is 326 g/mol. The molecule has 0 spiro atoms. The molecule has 1 heterocycles. The van der Waals surface area contributed by atoms with Gasteiger partial charge in [-0.25, -0.2) is 0 Å². The highest BCUT2D eigenvalue weighted by Gasteiger charge is 2.17. The highest BCUT2D eigenvalue weighted by atomic mass is 32.2. The van der Waals surface area contributed by atoms with Crippen LogP contribution in [0, 0.1) is 5.92 Å². The molecule has 0 radical (unpaired) electrons. The van der Waals surface area contributed by atoms with Crippen LogP contribution in [0.15, 0.2) is 28.6 Å². The number of benzene rings is 1. The van der Waals surface area contributed by atoms with Gasteiger partial charge in [0, 0.05) is 0 Å². The van der Waals surface area contributed by atoms with Gasteiger partial charge in [-0.15, -0.1) is 10.2 Å². The third kappa shape index (κ3) is 5.32. The number of nitrogens with zero attached hydrogens (tertiary/aromatic N) is 2. The predicted octanol–water partition coefficient (Wildman–Crippen LogP) is 4.59. The van der Waals surface area contributed by atoms with Crippen LogP contribution in [0.3, 0.4) is 0 Å². The standard InChI is InChI=1S/C17H23N3OS2/c1-5-22-17-20-19-16(23-17)18-15(21)12(4)14-8-6-13(7-9-14)10-11(2)3/h6-9,11-12H,5,10H2,1-4H3,(H,18,19,21)/t12-/m0/s1. The summed E-state index contributed by atoms with van der Waals surface area (Å²) in [6, 6.07) is 8.31. The minimum atomic E-state index is -0.214. The van der Waals surface area contributed by atoms with Gasteiger partial charge < -0.3 is 0 Å². The summed E-state index contributed by atoms with van der Waals surface area (Å²) in [6.45, 7) is 8.39. The molecule has 6 heteroatoms. The molecule has 0 aliphatic rings. The largest absolute Gasteiger partial charge is 0.300 e. The van der Waals surface area contributed by atoms with Gasteiger partial charge in [-0.3, -0.25) is 10.1 Å². The van der Waals surface area contributed by atoms with Crippen molar-refractivity contribution in [3.05, 3.63) is 35.4 Å². The van der Waals surface area contributed by atoms with Crippen LogP contribution in [0.2, 0.25) is 0 Å². The van der Waals surface area contributed by atoms with Crippen molar-refractivity contribution in [3.63, 3.8) is 0 Å². The molecular formula is C17H23N3OS2. The second-order valence-corrected chi connectivity index (χ2v) is 8.35. The number of thioether (sulfide) groups is 1. The van der Waals surface area contributed by atoms with Gasteiger partial charge >= 0.3 is 0 Å². The predicted molar refractivity (Wildman–Crippen MR) is 98.3 cm³/mol. The molecule has 2 aromatic rings. The van der Waals surface area contributed by atoms with Crippen molar-refractivity contribution in [2.75, 3.05) is 11.1 Å². The lowest BCUT2D eigenvalue weighted by atomic mass is 9.96.